The zero-order valence-electron chi connectivity index (χ0n) is 10.8. The first-order chi connectivity index (χ1) is 9.45. The van der Waals surface area contributed by atoms with Crippen LogP contribution < -0.4 is 4.90 Å². The number of likely N-dealkylation sites (tertiary alicyclic amines) is 1. The number of amides is 2. The number of hydrogen-bond acceptors (Lipinski definition) is 4. The molecule has 1 N–H and O–H groups in total. The fourth-order valence-electron chi connectivity index (χ4n) is 3.01. The molecule has 20 heavy (non-hydrogen) atoms. The van der Waals surface area contributed by atoms with Crippen molar-refractivity contribution in [3.63, 3.8) is 0 Å². The van der Waals surface area contributed by atoms with E-state index in [-0.39, 0.29) is 11.2 Å². The maximum atomic E-state index is 12.6. The Morgan fingerprint density at radius 3 is 2.70 bits per heavy atom. The van der Waals surface area contributed by atoms with E-state index in [0.29, 0.717) is 37.3 Å². The molecule has 7 nitrogen and oxygen atoms in total. The first-order valence-electron chi connectivity index (χ1n) is 6.25. The van der Waals surface area contributed by atoms with Crippen LogP contribution in [0, 0.1) is 0 Å². The standard InChI is InChI=1S/C12H13ClN4O3/c1-16-7-6-14-10(13)15-8(7)12(9(16)18)2-4-17(5-3-12)11(19)20/h6H,2-5H2,1H3,(H,19,20). The van der Waals surface area contributed by atoms with Crippen LogP contribution in [0.3, 0.4) is 0 Å². The molecule has 0 aliphatic carbocycles. The van der Waals surface area contributed by atoms with Crippen LogP contribution in [-0.4, -0.2) is 52.1 Å². The highest BCUT2D eigenvalue weighted by Crippen LogP contribution is 2.46. The van der Waals surface area contributed by atoms with Crippen molar-refractivity contribution in [1.82, 2.24) is 14.9 Å². The fraction of sp³-hybridized carbons (Fsp3) is 0.500. The summed E-state index contributed by atoms with van der Waals surface area (Å²) in [6, 6.07) is 0. The molecule has 2 aliphatic rings. The molecular weight excluding hydrogens is 284 g/mol. The SMILES string of the molecule is CN1C(=O)C2(CCN(C(=O)O)CC2)c2nc(Cl)ncc21. The molecule has 2 aliphatic heterocycles. The third-order valence-electron chi connectivity index (χ3n) is 4.16. The molecule has 0 bridgehead atoms. The van der Waals surface area contributed by atoms with Crippen LogP contribution in [-0.2, 0) is 10.2 Å². The number of piperidine rings is 1. The van der Waals surface area contributed by atoms with E-state index >= 15 is 0 Å². The smallest absolute Gasteiger partial charge is 0.407 e. The lowest BCUT2D eigenvalue weighted by Gasteiger charge is -2.36. The lowest BCUT2D eigenvalue weighted by atomic mass is 9.76. The van der Waals surface area contributed by atoms with Gasteiger partial charge in [-0.05, 0) is 24.4 Å². The topological polar surface area (TPSA) is 86.6 Å². The minimum Gasteiger partial charge on any atom is -0.465 e. The second kappa shape index (κ2) is 4.31. The van der Waals surface area contributed by atoms with E-state index in [1.54, 1.807) is 13.2 Å². The summed E-state index contributed by atoms with van der Waals surface area (Å²) in [4.78, 5) is 34.6. The van der Waals surface area contributed by atoms with Gasteiger partial charge in [-0.1, -0.05) is 0 Å². The van der Waals surface area contributed by atoms with Gasteiger partial charge in [0.15, 0.2) is 0 Å². The Labute approximate surface area is 120 Å². The molecule has 3 heterocycles. The van der Waals surface area contributed by atoms with Crippen LogP contribution in [0.1, 0.15) is 18.5 Å². The molecule has 0 unspecified atom stereocenters. The van der Waals surface area contributed by atoms with Gasteiger partial charge in [-0.15, -0.1) is 0 Å². The highest BCUT2D eigenvalue weighted by molar-refractivity contribution is 6.28. The van der Waals surface area contributed by atoms with E-state index in [1.807, 2.05) is 0 Å². The Morgan fingerprint density at radius 2 is 2.10 bits per heavy atom. The van der Waals surface area contributed by atoms with Gasteiger partial charge in [0, 0.05) is 20.1 Å². The molecule has 2 amide bonds. The molecule has 0 saturated carbocycles. The van der Waals surface area contributed by atoms with Crippen LogP contribution in [0.15, 0.2) is 6.20 Å². The number of anilines is 1. The normalized spacial score (nSPS) is 20.4. The van der Waals surface area contributed by atoms with Crippen molar-refractivity contribution in [2.45, 2.75) is 18.3 Å². The van der Waals surface area contributed by atoms with E-state index in [1.165, 1.54) is 9.80 Å². The van der Waals surface area contributed by atoms with Crippen LogP contribution in [0.4, 0.5) is 10.5 Å². The number of carbonyl (C=O) groups is 2. The Hall–Kier alpha value is -1.89. The Bertz CT molecular complexity index is 598. The number of rotatable bonds is 0. The molecule has 0 radical (unpaired) electrons. The summed E-state index contributed by atoms with van der Waals surface area (Å²) >= 11 is 5.84. The Morgan fingerprint density at radius 1 is 1.45 bits per heavy atom. The number of fused-ring (bicyclic) bond motifs is 2. The van der Waals surface area contributed by atoms with Gasteiger partial charge in [-0.3, -0.25) is 4.79 Å². The number of nitrogens with zero attached hydrogens (tertiary/aromatic N) is 4. The fourth-order valence-corrected chi connectivity index (χ4v) is 3.15. The summed E-state index contributed by atoms with van der Waals surface area (Å²) < 4.78 is 0. The number of aromatic nitrogens is 2. The summed E-state index contributed by atoms with van der Waals surface area (Å²) in [5.74, 6) is -0.0610. The number of carboxylic acid groups (broad SMARTS) is 1. The van der Waals surface area contributed by atoms with Crippen molar-refractivity contribution in [2.75, 3.05) is 25.0 Å². The summed E-state index contributed by atoms with van der Waals surface area (Å²) in [7, 11) is 1.68. The maximum Gasteiger partial charge on any atom is 0.407 e. The predicted octanol–water partition coefficient (Wildman–Crippen LogP) is 1.12. The molecular formula is C12H13ClN4O3. The van der Waals surface area contributed by atoms with E-state index < -0.39 is 11.5 Å². The second-order valence-corrected chi connectivity index (χ2v) is 5.43. The first kappa shape index (κ1) is 13.1. The Balaban J connectivity index is 2.01. The summed E-state index contributed by atoms with van der Waals surface area (Å²) in [6.45, 7) is 0.631. The number of likely N-dealkylation sites (N-methyl/N-ethyl adjacent to an activating group) is 1. The third-order valence-corrected chi connectivity index (χ3v) is 4.34. The molecule has 0 aromatic carbocycles. The summed E-state index contributed by atoms with van der Waals surface area (Å²) in [5.41, 5.74) is 0.515. The van der Waals surface area contributed by atoms with Gasteiger partial charge < -0.3 is 14.9 Å². The van der Waals surface area contributed by atoms with Crippen molar-refractivity contribution < 1.29 is 14.7 Å². The minimum atomic E-state index is -0.959. The molecule has 1 aromatic rings. The lowest BCUT2D eigenvalue weighted by Crippen LogP contribution is -2.49. The largest absolute Gasteiger partial charge is 0.465 e. The van der Waals surface area contributed by atoms with Crippen molar-refractivity contribution in [3.05, 3.63) is 17.2 Å². The van der Waals surface area contributed by atoms with Crippen molar-refractivity contribution in [1.29, 1.82) is 0 Å². The quantitative estimate of drug-likeness (QED) is 0.725. The number of halogens is 1. The van der Waals surface area contributed by atoms with Gasteiger partial charge >= 0.3 is 6.09 Å². The predicted molar refractivity (Wildman–Crippen MR) is 71.0 cm³/mol. The minimum absolute atomic E-state index is 0.0610. The second-order valence-electron chi connectivity index (χ2n) is 5.09. The van der Waals surface area contributed by atoms with Gasteiger partial charge in [-0.2, -0.15) is 0 Å². The molecule has 8 heteroatoms. The third kappa shape index (κ3) is 1.66. The zero-order valence-corrected chi connectivity index (χ0v) is 11.6. The van der Waals surface area contributed by atoms with Crippen molar-refractivity contribution in [3.8, 4) is 0 Å². The highest BCUT2D eigenvalue weighted by atomic mass is 35.5. The van der Waals surface area contributed by atoms with Gasteiger partial charge in [0.05, 0.1) is 23.0 Å². The van der Waals surface area contributed by atoms with Crippen LogP contribution in [0.2, 0.25) is 5.28 Å². The van der Waals surface area contributed by atoms with E-state index in [2.05, 4.69) is 9.97 Å². The average molecular weight is 297 g/mol. The van der Waals surface area contributed by atoms with Crippen LogP contribution >= 0.6 is 11.6 Å². The first-order valence-corrected chi connectivity index (χ1v) is 6.62. The zero-order chi connectivity index (χ0) is 14.5. The van der Waals surface area contributed by atoms with Crippen LogP contribution in [0.25, 0.3) is 0 Å². The monoisotopic (exact) mass is 296 g/mol. The average Bonchev–Trinajstić information content (AvgIpc) is 2.62. The number of hydrogen-bond donors (Lipinski definition) is 1. The van der Waals surface area contributed by atoms with E-state index in [0.717, 1.165) is 0 Å². The summed E-state index contributed by atoms with van der Waals surface area (Å²) in [6.07, 6.45) is 1.42. The number of carbonyl (C=O) groups excluding carboxylic acids is 1. The van der Waals surface area contributed by atoms with Crippen LogP contribution in [0.5, 0.6) is 0 Å². The molecule has 1 saturated heterocycles. The van der Waals surface area contributed by atoms with Gasteiger partial charge in [0.25, 0.3) is 0 Å². The van der Waals surface area contributed by atoms with Gasteiger partial charge in [-0.25, -0.2) is 14.8 Å². The van der Waals surface area contributed by atoms with E-state index in [9.17, 15) is 9.59 Å². The molecule has 1 aromatic heterocycles. The molecule has 0 atom stereocenters. The van der Waals surface area contributed by atoms with Gasteiger partial charge in [0.1, 0.15) is 0 Å². The maximum absolute atomic E-state index is 12.6. The van der Waals surface area contributed by atoms with Gasteiger partial charge in [0.2, 0.25) is 11.2 Å². The molecule has 1 fully saturated rings. The van der Waals surface area contributed by atoms with Crippen molar-refractivity contribution >= 4 is 29.3 Å². The lowest BCUT2D eigenvalue weighted by molar-refractivity contribution is -0.124. The molecule has 3 rings (SSSR count). The Kier molecular flexibility index (Phi) is 2.82. The summed E-state index contributed by atoms with van der Waals surface area (Å²) in [5, 5.41) is 9.11. The molecule has 1 spiro atoms. The van der Waals surface area contributed by atoms with E-state index in [4.69, 9.17) is 16.7 Å². The van der Waals surface area contributed by atoms with Crippen molar-refractivity contribution in [2.24, 2.45) is 0 Å². The molecule has 106 valence electrons. The highest BCUT2D eigenvalue weighted by Gasteiger charge is 2.53.